The van der Waals surface area contributed by atoms with Gasteiger partial charge in [-0.05, 0) is 42.8 Å². The fraction of sp³-hybridized carbons (Fsp3) is 0.133. The first-order valence-electron chi connectivity index (χ1n) is 5.95. The maximum atomic E-state index is 13.3. The number of aromatic nitrogens is 2. The zero-order chi connectivity index (χ0) is 13.6. The van der Waals surface area contributed by atoms with Crippen molar-refractivity contribution in [2.24, 2.45) is 7.05 Å². The molecule has 2 aromatic carbocycles. The van der Waals surface area contributed by atoms with Crippen LogP contribution in [0.3, 0.4) is 0 Å². The average Bonchev–Trinajstić information content (AvgIpc) is 2.70. The van der Waals surface area contributed by atoms with Crippen molar-refractivity contribution in [2.75, 3.05) is 0 Å². The minimum Gasteiger partial charge on any atom is -0.327 e. The molecule has 0 saturated carbocycles. The SMILES string of the molecule is Cc1ccc2c(c1)nc(-c1ccc(F)c(F)c1)n2C. The van der Waals surface area contributed by atoms with Crippen molar-refractivity contribution in [1.29, 1.82) is 0 Å². The van der Waals surface area contributed by atoms with Gasteiger partial charge in [-0.1, -0.05) is 6.07 Å². The molecular formula is C15H12F2N2. The van der Waals surface area contributed by atoms with Crippen LogP contribution in [-0.4, -0.2) is 9.55 Å². The molecule has 0 aliphatic carbocycles. The minimum atomic E-state index is -0.860. The second-order valence-corrected chi connectivity index (χ2v) is 4.62. The Bertz CT molecular complexity index is 775. The number of fused-ring (bicyclic) bond motifs is 1. The Kier molecular flexibility index (Phi) is 2.59. The zero-order valence-corrected chi connectivity index (χ0v) is 10.6. The summed E-state index contributed by atoms with van der Waals surface area (Å²) in [7, 11) is 1.86. The third-order valence-electron chi connectivity index (χ3n) is 3.21. The first kappa shape index (κ1) is 11.8. The number of halogens is 2. The number of nitrogens with zero attached hydrogens (tertiary/aromatic N) is 2. The summed E-state index contributed by atoms with van der Waals surface area (Å²) in [5.41, 5.74) is 3.49. The molecule has 0 radical (unpaired) electrons. The van der Waals surface area contributed by atoms with Crippen LogP contribution in [0.2, 0.25) is 0 Å². The highest BCUT2D eigenvalue weighted by atomic mass is 19.2. The molecule has 0 unspecified atom stereocenters. The van der Waals surface area contributed by atoms with E-state index in [1.54, 1.807) is 0 Å². The van der Waals surface area contributed by atoms with Crippen LogP contribution >= 0.6 is 0 Å². The highest BCUT2D eigenvalue weighted by Crippen LogP contribution is 2.25. The smallest absolute Gasteiger partial charge is 0.159 e. The van der Waals surface area contributed by atoms with Gasteiger partial charge < -0.3 is 4.57 Å². The number of imidazole rings is 1. The molecule has 4 heteroatoms. The molecule has 0 aliphatic rings. The predicted molar refractivity (Wildman–Crippen MR) is 70.8 cm³/mol. The van der Waals surface area contributed by atoms with E-state index in [1.165, 1.54) is 12.1 Å². The lowest BCUT2D eigenvalue weighted by atomic mass is 10.2. The highest BCUT2D eigenvalue weighted by molar-refractivity contribution is 5.81. The van der Waals surface area contributed by atoms with E-state index in [0.29, 0.717) is 11.4 Å². The maximum absolute atomic E-state index is 13.3. The van der Waals surface area contributed by atoms with E-state index < -0.39 is 11.6 Å². The lowest BCUT2D eigenvalue weighted by Gasteiger charge is -2.03. The number of aryl methyl sites for hydroxylation is 2. The van der Waals surface area contributed by atoms with E-state index in [2.05, 4.69) is 4.98 Å². The topological polar surface area (TPSA) is 17.8 Å². The van der Waals surface area contributed by atoms with Gasteiger partial charge in [-0.25, -0.2) is 13.8 Å². The van der Waals surface area contributed by atoms with Crippen molar-refractivity contribution in [3.63, 3.8) is 0 Å². The molecule has 19 heavy (non-hydrogen) atoms. The third-order valence-corrected chi connectivity index (χ3v) is 3.21. The second kappa shape index (κ2) is 4.16. The number of rotatable bonds is 1. The lowest BCUT2D eigenvalue weighted by molar-refractivity contribution is 0.509. The minimum absolute atomic E-state index is 0.565. The molecule has 0 amide bonds. The summed E-state index contributed by atoms with van der Waals surface area (Å²) in [5, 5.41) is 0. The van der Waals surface area contributed by atoms with Gasteiger partial charge in [-0.15, -0.1) is 0 Å². The molecule has 2 nitrogen and oxygen atoms in total. The van der Waals surface area contributed by atoms with E-state index in [1.807, 2.05) is 36.7 Å². The standard InChI is InChI=1S/C15H12F2N2/c1-9-3-6-14-13(7-9)18-15(19(14)2)10-4-5-11(16)12(17)8-10/h3-8H,1-2H3. The van der Waals surface area contributed by atoms with Crippen molar-refractivity contribution >= 4 is 11.0 Å². The van der Waals surface area contributed by atoms with E-state index >= 15 is 0 Å². The van der Waals surface area contributed by atoms with Crippen LogP contribution in [0.4, 0.5) is 8.78 Å². The molecule has 0 aliphatic heterocycles. The summed E-state index contributed by atoms with van der Waals surface area (Å²) in [6, 6.07) is 9.77. The maximum Gasteiger partial charge on any atom is 0.159 e. The van der Waals surface area contributed by atoms with Crippen molar-refractivity contribution < 1.29 is 8.78 Å². The van der Waals surface area contributed by atoms with Crippen LogP contribution in [-0.2, 0) is 7.05 Å². The molecule has 0 N–H and O–H groups in total. The van der Waals surface area contributed by atoms with Gasteiger partial charge in [0.1, 0.15) is 5.82 Å². The molecule has 1 heterocycles. The summed E-state index contributed by atoms with van der Waals surface area (Å²) in [6.07, 6.45) is 0. The summed E-state index contributed by atoms with van der Waals surface area (Å²) in [5.74, 6) is -1.08. The molecule has 0 bridgehead atoms. The van der Waals surface area contributed by atoms with Gasteiger partial charge in [-0.3, -0.25) is 0 Å². The van der Waals surface area contributed by atoms with Crippen LogP contribution in [0.15, 0.2) is 36.4 Å². The Hall–Kier alpha value is -2.23. The van der Waals surface area contributed by atoms with Crippen molar-refractivity contribution in [2.45, 2.75) is 6.92 Å². The van der Waals surface area contributed by atoms with Gasteiger partial charge in [0.2, 0.25) is 0 Å². The Labute approximate surface area is 109 Å². The number of hydrogen-bond acceptors (Lipinski definition) is 1. The van der Waals surface area contributed by atoms with Crippen LogP contribution in [0.1, 0.15) is 5.56 Å². The van der Waals surface area contributed by atoms with Gasteiger partial charge in [0.25, 0.3) is 0 Å². The average molecular weight is 258 g/mol. The largest absolute Gasteiger partial charge is 0.327 e. The first-order valence-corrected chi connectivity index (χ1v) is 5.95. The van der Waals surface area contributed by atoms with Crippen molar-refractivity contribution in [3.05, 3.63) is 53.6 Å². The first-order chi connectivity index (χ1) is 9.06. The fourth-order valence-corrected chi connectivity index (χ4v) is 2.20. The number of benzene rings is 2. The summed E-state index contributed by atoms with van der Waals surface area (Å²) in [6.45, 7) is 1.99. The normalized spacial score (nSPS) is 11.2. The Morgan fingerprint density at radius 3 is 2.53 bits per heavy atom. The van der Waals surface area contributed by atoms with E-state index in [0.717, 1.165) is 22.7 Å². The molecule has 0 saturated heterocycles. The summed E-state index contributed by atoms with van der Waals surface area (Å²) < 4.78 is 28.2. The third kappa shape index (κ3) is 1.89. The number of hydrogen-bond donors (Lipinski definition) is 0. The molecule has 1 aromatic heterocycles. The van der Waals surface area contributed by atoms with Crippen LogP contribution < -0.4 is 0 Å². The Balaban J connectivity index is 2.24. The summed E-state index contributed by atoms with van der Waals surface area (Å²) >= 11 is 0. The Morgan fingerprint density at radius 1 is 1.00 bits per heavy atom. The predicted octanol–water partition coefficient (Wildman–Crippen LogP) is 3.83. The molecule has 96 valence electrons. The molecule has 3 aromatic rings. The van der Waals surface area contributed by atoms with E-state index in [9.17, 15) is 8.78 Å². The van der Waals surface area contributed by atoms with E-state index in [-0.39, 0.29) is 0 Å². The quantitative estimate of drug-likeness (QED) is 0.648. The second-order valence-electron chi connectivity index (χ2n) is 4.62. The molecule has 3 rings (SSSR count). The van der Waals surface area contributed by atoms with Gasteiger partial charge in [0, 0.05) is 12.6 Å². The van der Waals surface area contributed by atoms with Crippen molar-refractivity contribution in [1.82, 2.24) is 9.55 Å². The van der Waals surface area contributed by atoms with Gasteiger partial charge in [0.05, 0.1) is 11.0 Å². The highest BCUT2D eigenvalue weighted by Gasteiger charge is 2.12. The van der Waals surface area contributed by atoms with Gasteiger partial charge >= 0.3 is 0 Å². The van der Waals surface area contributed by atoms with Gasteiger partial charge in [-0.2, -0.15) is 0 Å². The fourth-order valence-electron chi connectivity index (χ4n) is 2.20. The molecule has 0 spiro atoms. The zero-order valence-electron chi connectivity index (χ0n) is 10.6. The van der Waals surface area contributed by atoms with E-state index in [4.69, 9.17) is 0 Å². The van der Waals surface area contributed by atoms with Crippen LogP contribution in [0, 0.1) is 18.6 Å². The summed E-state index contributed by atoms with van der Waals surface area (Å²) in [4.78, 5) is 4.49. The molecule has 0 fully saturated rings. The van der Waals surface area contributed by atoms with Gasteiger partial charge in [0.15, 0.2) is 11.6 Å². The monoisotopic (exact) mass is 258 g/mol. The van der Waals surface area contributed by atoms with Crippen molar-refractivity contribution in [3.8, 4) is 11.4 Å². The van der Waals surface area contributed by atoms with Crippen LogP contribution in [0.25, 0.3) is 22.4 Å². The Morgan fingerprint density at radius 2 is 1.79 bits per heavy atom. The lowest BCUT2D eigenvalue weighted by Crippen LogP contribution is -1.94. The molecular weight excluding hydrogens is 246 g/mol. The molecule has 0 atom stereocenters. The van der Waals surface area contributed by atoms with Crippen LogP contribution in [0.5, 0.6) is 0 Å².